The van der Waals surface area contributed by atoms with Crippen molar-refractivity contribution in [3.8, 4) is 16.9 Å². The van der Waals surface area contributed by atoms with Gasteiger partial charge in [-0.1, -0.05) is 18.6 Å². The highest BCUT2D eigenvalue weighted by molar-refractivity contribution is 7.16. The van der Waals surface area contributed by atoms with E-state index < -0.39 is 0 Å². The molecule has 1 aliphatic rings. The summed E-state index contributed by atoms with van der Waals surface area (Å²) >= 11 is 1.44. The average Bonchev–Trinajstić information content (AvgIpc) is 2.90. The van der Waals surface area contributed by atoms with Crippen LogP contribution in [0.15, 0.2) is 24.3 Å². The van der Waals surface area contributed by atoms with Crippen LogP contribution in [-0.4, -0.2) is 19.2 Å². The first-order valence-electron chi connectivity index (χ1n) is 8.34. The van der Waals surface area contributed by atoms with Gasteiger partial charge in [-0.2, -0.15) is 0 Å². The third kappa shape index (κ3) is 3.41. The number of benzene rings is 1. The normalized spacial score (nSPS) is 15.2. The second kappa shape index (κ2) is 7.26. The highest BCUT2D eigenvalue weighted by Crippen LogP contribution is 2.39. The Morgan fingerprint density at radius 2 is 1.83 bits per heavy atom. The van der Waals surface area contributed by atoms with Crippen molar-refractivity contribution in [1.29, 1.82) is 0 Å². The number of aryl methyl sites for hydroxylation is 1. The summed E-state index contributed by atoms with van der Waals surface area (Å²) in [5.41, 5.74) is 8.47. The summed E-state index contributed by atoms with van der Waals surface area (Å²) in [7, 11) is 1.63. The van der Waals surface area contributed by atoms with Crippen LogP contribution in [0, 0.1) is 6.92 Å². The minimum Gasteiger partial charge on any atom is -0.497 e. The number of methoxy groups -OCH3 is 1. The lowest BCUT2D eigenvalue weighted by atomic mass is 9.97. The molecule has 4 nitrogen and oxygen atoms in total. The van der Waals surface area contributed by atoms with E-state index in [2.05, 4.69) is 0 Å². The van der Waals surface area contributed by atoms with Crippen molar-refractivity contribution in [2.75, 3.05) is 12.8 Å². The lowest BCUT2D eigenvalue weighted by Crippen LogP contribution is -2.21. The van der Waals surface area contributed by atoms with Crippen LogP contribution in [0.1, 0.15) is 47.3 Å². The van der Waals surface area contributed by atoms with E-state index in [4.69, 9.17) is 15.2 Å². The van der Waals surface area contributed by atoms with E-state index in [0.29, 0.717) is 10.6 Å². The molecule has 1 heterocycles. The number of anilines is 1. The van der Waals surface area contributed by atoms with E-state index >= 15 is 0 Å². The summed E-state index contributed by atoms with van der Waals surface area (Å²) in [6, 6.07) is 7.67. The molecule has 128 valence electrons. The summed E-state index contributed by atoms with van der Waals surface area (Å²) in [6.45, 7) is 1.98. The van der Waals surface area contributed by atoms with E-state index in [0.717, 1.165) is 47.4 Å². The van der Waals surface area contributed by atoms with Gasteiger partial charge in [-0.25, -0.2) is 4.79 Å². The Morgan fingerprint density at radius 3 is 2.46 bits per heavy atom. The summed E-state index contributed by atoms with van der Waals surface area (Å²) in [5, 5.41) is 0.527. The molecule has 0 amide bonds. The fraction of sp³-hybridized carbons (Fsp3) is 0.421. The molecule has 5 heteroatoms. The first-order chi connectivity index (χ1) is 11.6. The van der Waals surface area contributed by atoms with Gasteiger partial charge in [0.1, 0.15) is 22.4 Å². The molecule has 0 atom stereocenters. The van der Waals surface area contributed by atoms with Gasteiger partial charge >= 0.3 is 5.97 Å². The fourth-order valence-corrected chi connectivity index (χ4v) is 4.21. The Bertz CT molecular complexity index is 715. The van der Waals surface area contributed by atoms with Crippen molar-refractivity contribution in [3.63, 3.8) is 0 Å². The largest absolute Gasteiger partial charge is 0.497 e. The summed E-state index contributed by atoms with van der Waals surface area (Å²) < 4.78 is 10.9. The zero-order valence-corrected chi connectivity index (χ0v) is 14.9. The summed E-state index contributed by atoms with van der Waals surface area (Å²) in [6.07, 6.45) is 5.40. The maximum Gasteiger partial charge on any atom is 0.342 e. The van der Waals surface area contributed by atoms with Crippen LogP contribution >= 0.6 is 11.3 Å². The standard InChI is InChI=1S/C19H23NO3S/c1-12-16(13-8-10-14(22-2)11-9-13)17(18(20)24-12)19(21)23-15-6-4-3-5-7-15/h8-11,15H,3-7,20H2,1-2H3. The monoisotopic (exact) mass is 345 g/mol. The number of nitrogens with two attached hydrogens (primary N) is 1. The molecule has 1 aliphatic carbocycles. The Balaban J connectivity index is 1.90. The van der Waals surface area contributed by atoms with E-state index in [1.54, 1.807) is 7.11 Å². The number of nitrogen functional groups attached to an aromatic ring is 1. The van der Waals surface area contributed by atoms with E-state index in [9.17, 15) is 4.79 Å². The van der Waals surface area contributed by atoms with Gasteiger partial charge in [0.25, 0.3) is 0 Å². The van der Waals surface area contributed by atoms with Crippen LogP contribution in [0.2, 0.25) is 0 Å². The van der Waals surface area contributed by atoms with Gasteiger partial charge in [0.05, 0.1) is 7.11 Å². The van der Waals surface area contributed by atoms with E-state index in [-0.39, 0.29) is 12.1 Å². The molecular weight excluding hydrogens is 322 g/mol. The Hall–Kier alpha value is -2.01. The topological polar surface area (TPSA) is 61.5 Å². The van der Waals surface area contributed by atoms with Gasteiger partial charge < -0.3 is 15.2 Å². The van der Waals surface area contributed by atoms with Crippen LogP contribution < -0.4 is 10.5 Å². The first-order valence-corrected chi connectivity index (χ1v) is 9.16. The van der Waals surface area contributed by atoms with Crippen LogP contribution in [0.4, 0.5) is 5.00 Å². The molecule has 0 radical (unpaired) electrons. The lowest BCUT2D eigenvalue weighted by Gasteiger charge is -2.22. The maximum atomic E-state index is 12.7. The molecule has 2 aromatic rings. The molecule has 0 aliphatic heterocycles. The SMILES string of the molecule is COc1ccc(-c2c(C)sc(N)c2C(=O)OC2CCCCC2)cc1. The molecule has 24 heavy (non-hydrogen) atoms. The van der Waals surface area contributed by atoms with Gasteiger partial charge in [-0.3, -0.25) is 0 Å². The lowest BCUT2D eigenvalue weighted by molar-refractivity contribution is 0.0213. The number of hydrogen-bond donors (Lipinski definition) is 1. The van der Waals surface area contributed by atoms with Crippen molar-refractivity contribution >= 4 is 22.3 Å². The third-order valence-electron chi connectivity index (χ3n) is 4.52. The number of hydrogen-bond acceptors (Lipinski definition) is 5. The number of rotatable bonds is 4. The predicted molar refractivity (Wildman–Crippen MR) is 97.7 cm³/mol. The minimum absolute atomic E-state index is 0.0228. The molecular formula is C19H23NO3S. The Labute approximate surface area is 146 Å². The molecule has 1 aromatic heterocycles. The van der Waals surface area contributed by atoms with E-state index in [1.165, 1.54) is 17.8 Å². The van der Waals surface area contributed by atoms with Crippen LogP contribution in [0.25, 0.3) is 11.1 Å². The molecule has 3 rings (SSSR count). The van der Waals surface area contributed by atoms with Crippen molar-refractivity contribution in [3.05, 3.63) is 34.7 Å². The second-order valence-corrected chi connectivity index (χ2v) is 7.42. The number of thiophene rings is 1. The molecule has 0 spiro atoms. The van der Waals surface area contributed by atoms with Gasteiger partial charge in [-0.15, -0.1) is 11.3 Å². The van der Waals surface area contributed by atoms with Gasteiger partial charge in [0.15, 0.2) is 0 Å². The quantitative estimate of drug-likeness (QED) is 0.808. The maximum absolute atomic E-state index is 12.7. The van der Waals surface area contributed by atoms with Gasteiger partial charge in [0.2, 0.25) is 0 Å². The zero-order valence-electron chi connectivity index (χ0n) is 14.1. The Kier molecular flexibility index (Phi) is 5.09. The summed E-state index contributed by atoms with van der Waals surface area (Å²) in [5.74, 6) is 0.487. The van der Waals surface area contributed by atoms with Crippen LogP contribution in [-0.2, 0) is 4.74 Å². The Morgan fingerprint density at radius 1 is 1.17 bits per heavy atom. The number of carbonyl (C=O) groups excluding carboxylic acids is 1. The average molecular weight is 345 g/mol. The highest BCUT2D eigenvalue weighted by Gasteiger charge is 2.26. The molecule has 2 N–H and O–H groups in total. The molecule has 1 fully saturated rings. The molecule has 0 unspecified atom stereocenters. The second-order valence-electron chi connectivity index (χ2n) is 6.17. The van der Waals surface area contributed by atoms with Gasteiger partial charge in [0, 0.05) is 10.4 Å². The molecule has 1 saturated carbocycles. The minimum atomic E-state index is -0.297. The third-order valence-corrected chi connectivity index (χ3v) is 5.45. The van der Waals surface area contributed by atoms with Crippen molar-refractivity contribution < 1.29 is 14.3 Å². The van der Waals surface area contributed by atoms with Crippen LogP contribution in [0.3, 0.4) is 0 Å². The smallest absolute Gasteiger partial charge is 0.342 e. The molecule has 0 saturated heterocycles. The van der Waals surface area contributed by atoms with Crippen LogP contribution in [0.5, 0.6) is 5.75 Å². The van der Waals surface area contributed by atoms with Crippen molar-refractivity contribution in [1.82, 2.24) is 0 Å². The molecule has 0 bridgehead atoms. The van der Waals surface area contributed by atoms with E-state index in [1.807, 2.05) is 31.2 Å². The first kappa shape index (κ1) is 16.8. The van der Waals surface area contributed by atoms with Gasteiger partial charge in [-0.05, 0) is 50.3 Å². The number of ether oxygens (including phenoxy) is 2. The van der Waals surface area contributed by atoms with Crippen molar-refractivity contribution in [2.45, 2.75) is 45.1 Å². The summed E-state index contributed by atoms with van der Waals surface area (Å²) in [4.78, 5) is 13.8. The number of esters is 1. The highest BCUT2D eigenvalue weighted by atomic mass is 32.1. The predicted octanol–water partition coefficient (Wildman–Crippen LogP) is 4.80. The molecule has 1 aromatic carbocycles. The fourth-order valence-electron chi connectivity index (χ4n) is 3.27. The van der Waals surface area contributed by atoms with Crippen molar-refractivity contribution in [2.24, 2.45) is 0 Å². The number of carbonyl (C=O) groups is 1. The zero-order chi connectivity index (χ0) is 17.1.